The molecule has 1 aromatic rings. The summed E-state index contributed by atoms with van der Waals surface area (Å²) in [7, 11) is 0. The number of hydrogen-bond donors (Lipinski definition) is 0. The summed E-state index contributed by atoms with van der Waals surface area (Å²) in [5, 5.41) is -0.598. The number of halogens is 1. The van der Waals surface area contributed by atoms with Gasteiger partial charge in [-0.3, -0.25) is 4.79 Å². The first-order chi connectivity index (χ1) is 8.72. The molecule has 1 aliphatic heterocycles. The Morgan fingerprint density at radius 1 is 1.33 bits per heavy atom. The average molecular weight is 286 g/mol. The first-order valence-corrected chi connectivity index (χ1v) is 7.53. The Morgan fingerprint density at radius 2 is 1.94 bits per heavy atom. The highest BCUT2D eigenvalue weighted by Gasteiger charge is 2.25. The lowest BCUT2D eigenvalue weighted by Gasteiger charge is -2.28. The summed E-state index contributed by atoms with van der Waals surface area (Å²) < 4.78 is 5.23. The molecule has 18 heavy (non-hydrogen) atoms. The Kier molecular flexibility index (Phi) is 4.92. The van der Waals surface area contributed by atoms with Crippen molar-refractivity contribution in [1.82, 2.24) is 4.90 Å². The minimum absolute atomic E-state index is 0.0307. The maximum atomic E-state index is 12.2. The third-order valence-corrected chi connectivity index (χ3v) is 4.13. The molecule has 5 heteroatoms. The largest absolute Gasteiger partial charge is 0.378 e. The zero-order valence-corrected chi connectivity index (χ0v) is 11.8. The van der Waals surface area contributed by atoms with Crippen molar-refractivity contribution in [2.24, 2.45) is 0 Å². The van der Waals surface area contributed by atoms with Crippen LogP contribution in [0.15, 0.2) is 29.2 Å². The predicted molar refractivity (Wildman–Crippen MR) is 74.2 cm³/mol. The standard InChI is InChI=1S/C13H16ClNO2S/c1-18-11-4-2-10(3-5-11)12(14)13(16)15-6-8-17-9-7-15/h2-5,12H,6-9H2,1H3. The highest BCUT2D eigenvalue weighted by atomic mass is 35.5. The number of carbonyl (C=O) groups is 1. The van der Waals surface area contributed by atoms with Crippen LogP contribution in [0.1, 0.15) is 10.9 Å². The second-order valence-electron chi connectivity index (χ2n) is 4.07. The van der Waals surface area contributed by atoms with E-state index in [1.807, 2.05) is 30.5 Å². The molecule has 1 fully saturated rings. The number of alkyl halides is 1. The van der Waals surface area contributed by atoms with Crippen molar-refractivity contribution in [1.29, 1.82) is 0 Å². The van der Waals surface area contributed by atoms with Gasteiger partial charge in [0.2, 0.25) is 5.91 Å². The van der Waals surface area contributed by atoms with Crippen LogP contribution in [0.25, 0.3) is 0 Å². The molecule has 0 aromatic heterocycles. The molecule has 1 amide bonds. The number of nitrogens with zero attached hydrogens (tertiary/aromatic N) is 1. The Balaban J connectivity index is 2.04. The molecular formula is C13H16ClNO2S. The monoisotopic (exact) mass is 285 g/mol. The maximum Gasteiger partial charge on any atom is 0.245 e. The molecule has 1 aromatic carbocycles. The van der Waals surface area contributed by atoms with Crippen LogP contribution < -0.4 is 0 Å². The van der Waals surface area contributed by atoms with E-state index in [9.17, 15) is 4.79 Å². The normalized spacial score (nSPS) is 17.6. The van der Waals surface area contributed by atoms with Crippen LogP contribution in [-0.4, -0.2) is 43.4 Å². The zero-order valence-electron chi connectivity index (χ0n) is 10.3. The van der Waals surface area contributed by atoms with Gasteiger partial charge in [0, 0.05) is 18.0 Å². The van der Waals surface area contributed by atoms with Gasteiger partial charge in [-0.2, -0.15) is 0 Å². The van der Waals surface area contributed by atoms with Gasteiger partial charge in [0.25, 0.3) is 0 Å². The van der Waals surface area contributed by atoms with Crippen LogP contribution >= 0.6 is 23.4 Å². The number of rotatable bonds is 3. The van der Waals surface area contributed by atoms with Gasteiger partial charge in [0.05, 0.1) is 13.2 Å². The van der Waals surface area contributed by atoms with Gasteiger partial charge in [-0.25, -0.2) is 0 Å². The fourth-order valence-electron chi connectivity index (χ4n) is 1.86. The van der Waals surface area contributed by atoms with E-state index in [0.29, 0.717) is 26.3 Å². The van der Waals surface area contributed by atoms with E-state index in [-0.39, 0.29) is 5.91 Å². The molecule has 0 aliphatic carbocycles. The molecule has 2 rings (SSSR count). The summed E-state index contributed by atoms with van der Waals surface area (Å²) in [6.45, 7) is 2.46. The number of hydrogen-bond acceptors (Lipinski definition) is 3. The van der Waals surface area contributed by atoms with Crippen molar-refractivity contribution in [3.63, 3.8) is 0 Å². The van der Waals surface area contributed by atoms with E-state index in [2.05, 4.69) is 0 Å². The molecule has 0 spiro atoms. The lowest BCUT2D eigenvalue weighted by molar-refractivity contribution is -0.134. The smallest absolute Gasteiger partial charge is 0.245 e. The second kappa shape index (κ2) is 6.45. The number of thioether (sulfide) groups is 1. The van der Waals surface area contributed by atoms with Crippen molar-refractivity contribution in [2.75, 3.05) is 32.6 Å². The van der Waals surface area contributed by atoms with Crippen molar-refractivity contribution < 1.29 is 9.53 Å². The summed E-state index contributed by atoms with van der Waals surface area (Å²) in [6.07, 6.45) is 2.02. The van der Waals surface area contributed by atoms with Crippen molar-refractivity contribution in [3.8, 4) is 0 Å². The van der Waals surface area contributed by atoms with Gasteiger partial charge in [0.1, 0.15) is 5.38 Å². The number of benzene rings is 1. The highest BCUT2D eigenvalue weighted by Crippen LogP contribution is 2.25. The molecule has 0 radical (unpaired) electrons. The van der Waals surface area contributed by atoms with Gasteiger partial charge in [-0.05, 0) is 24.0 Å². The number of amides is 1. The average Bonchev–Trinajstić information content (AvgIpc) is 2.47. The molecule has 0 N–H and O–H groups in total. The second-order valence-corrected chi connectivity index (χ2v) is 5.39. The molecule has 1 heterocycles. The Hall–Kier alpha value is -0.710. The SMILES string of the molecule is CSc1ccc(C(Cl)C(=O)N2CCOCC2)cc1. The van der Waals surface area contributed by atoms with E-state index in [4.69, 9.17) is 16.3 Å². The van der Waals surface area contributed by atoms with E-state index >= 15 is 0 Å². The third-order valence-electron chi connectivity index (χ3n) is 2.95. The molecule has 0 bridgehead atoms. The molecule has 98 valence electrons. The maximum absolute atomic E-state index is 12.2. The summed E-state index contributed by atoms with van der Waals surface area (Å²) in [6, 6.07) is 7.81. The van der Waals surface area contributed by atoms with Crippen LogP contribution in [0.3, 0.4) is 0 Å². The van der Waals surface area contributed by atoms with E-state index in [1.165, 1.54) is 4.90 Å². The first-order valence-electron chi connectivity index (χ1n) is 5.87. The fraction of sp³-hybridized carbons (Fsp3) is 0.462. The molecule has 1 unspecified atom stereocenters. The van der Waals surface area contributed by atoms with Crippen LogP contribution in [0.5, 0.6) is 0 Å². The molecule has 0 saturated carbocycles. The van der Waals surface area contributed by atoms with E-state index in [1.54, 1.807) is 16.7 Å². The van der Waals surface area contributed by atoms with E-state index < -0.39 is 5.38 Å². The minimum atomic E-state index is -0.598. The topological polar surface area (TPSA) is 29.5 Å². The number of morpholine rings is 1. The van der Waals surface area contributed by atoms with Crippen LogP contribution in [0, 0.1) is 0 Å². The summed E-state index contributed by atoms with van der Waals surface area (Å²) in [5.74, 6) is -0.0307. The molecule has 1 atom stereocenters. The van der Waals surface area contributed by atoms with Crippen molar-refractivity contribution in [3.05, 3.63) is 29.8 Å². The van der Waals surface area contributed by atoms with Gasteiger partial charge in [-0.15, -0.1) is 23.4 Å². The quantitative estimate of drug-likeness (QED) is 0.631. The first kappa shape index (κ1) is 13.7. The van der Waals surface area contributed by atoms with Crippen molar-refractivity contribution >= 4 is 29.3 Å². The van der Waals surface area contributed by atoms with Crippen LogP contribution in [0.2, 0.25) is 0 Å². The van der Waals surface area contributed by atoms with Crippen LogP contribution in [-0.2, 0) is 9.53 Å². The molecule has 1 aliphatic rings. The van der Waals surface area contributed by atoms with E-state index in [0.717, 1.165) is 5.56 Å². The van der Waals surface area contributed by atoms with Crippen molar-refractivity contribution in [2.45, 2.75) is 10.3 Å². The Morgan fingerprint density at radius 3 is 2.50 bits per heavy atom. The Bertz CT molecular complexity index is 404. The minimum Gasteiger partial charge on any atom is -0.378 e. The highest BCUT2D eigenvalue weighted by molar-refractivity contribution is 7.98. The lowest BCUT2D eigenvalue weighted by atomic mass is 10.1. The molecule has 1 saturated heterocycles. The lowest BCUT2D eigenvalue weighted by Crippen LogP contribution is -2.42. The predicted octanol–water partition coefficient (Wildman–Crippen LogP) is 2.55. The van der Waals surface area contributed by atoms with Crippen LogP contribution in [0.4, 0.5) is 0 Å². The summed E-state index contributed by atoms with van der Waals surface area (Å²) in [4.78, 5) is 15.1. The summed E-state index contributed by atoms with van der Waals surface area (Å²) >= 11 is 7.92. The molecular weight excluding hydrogens is 270 g/mol. The zero-order chi connectivity index (χ0) is 13.0. The van der Waals surface area contributed by atoms with Gasteiger partial charge >= 0.3 is 0 Å². The summed E-state index contributed by atoms with van der Waals surface area (Å²) in [5.41, 5.74) is 0.853. The Labute approximate surface area is 116 Å². The van der Waals surface area contributed by atoms with Gasteiger partial charge < -0.3 is 9.64 Å². The number of carbonyl (C=O) groups excluding carboxylic acids is 1. The van der Waals surface area contributed by atoms with Gasteiger partial charge in [0.15, 0.2) is 0 Å². The molecule has 3 nitrogen and oxygen atoms in total. The third kappa shape index (κ3) is 3.19. The number of ether oxygens (including phenoxy) is 1. The van der Waals surface area contributed by atoms with Gasteiger partial charge in [-0.1, -0.05) is 12.1 Å². The fourth-order valence-corrected chi connectivity index (χ4v) is 2.55.